The Morgan fingerprint density at radius 1 is 1.67 bits per heavy atom. The highest BCUT2D eigenvalue weighted by Gasteiger charge is 2.55. The van der Waals surface area contributed by atoms with Crippen molar-refractivity contribution in [3.05, 3.63) is 0 Å². The summed E-state index contributed by atoms with van der Waals surface area (Å²) in [5.41, 5.74) is 0.239. The van der Waals surface area contributed by atoms with Crippen molar-refractivity contribution in [3.8, 4) is 0 Å². The number of aliphatic carboxylic acids is 1. The van der Waals surface area contributed by atoms with E-state index in [1.807, 2.05) is 0 Å². The van der Waals surface area contributed by atoms with E-state index in [9.17, 15) is 9.59 Å². The summed E-state index contributed by atoms with van der Waals surface area (Å²) in [7, 11) is 0. The van der Waals surface area contributed by atoms with Gasteiger partial charge in [0.1, 0.15) is 0 Å². The molecule has 0 radical (unpaired) electrons. The van der Waals surface area contributed by atoms with Crippen LogP contribution in [0.2, 0.25) is 0 Å². The van der Waals surface area contributed by atoms with Gasteiger partial charge in [-0.3, -0.25) is 9.59 Å². The molecular weight excluding hydrogens is 194 g/mol. The molecule has 0 aromatic heterocycles. The van der Waals surface area contributed by atoms with Crippen LogP contribution < -0.4 is 0 Å². The molecule has 4 heteroatoms. The molecule has 0 aromatic carbocycles. The van der Waals surface area contributed by atoms with Gasteiger partial charge in [0.2, 0.25) is 5.91 Å². The minimum atomic E-state index is -0.843. The van der Waals surface area contributed by atoms with Crippen molar-refractivity contribution in [2.24, 2.45) is 11.3 Å². The molecule has 15 heavy (non-hydrogen) atoms. The second kappa shape index (κ2) is 3.22. The highest BCUT2D eigenvalue weighted by molar-refractivity contribution is 5.86. The number of carbonyl (C=O) groups excluding carboxylic acids is 1. The van der Waals surface area contributed by atoms with Crippen molar-refractivity contribution in [1.82, 2.24) is 4.90 Å². The van der Waals surface area contributed by atoms with Crippen molar-refractivity contribution in [3.63, 3.8) is 0 Å². The first-order chi connectivity index (χ1) is 6.98. The molecule has 1 N–H and O–H groups in total. The van der Waals surface area contributed by atoms with Crippen molar-refractivity contribution < 1.29 is 14.7 Å². The lowest BCUT2D eigenvalue weighted by Gasteiger charge is -2.19. The molecular formula is C11H17NO3. The largest absolute Gasteiger partial charge is 0.481 e. The van der Waals surface area contributed by atoms with Gasteiger partial charge in [0, 0.05) is 19.0 Å². The number of hydrogen-bond donors (Lipinski definition) is 1. The predicted molar refractivity (Wildman–Crippen MR) is 54.3 cm³/mol. The van der Waals surface area contributed by atoms with Crippen LogP contribution in [0.25, 0.3) is 0 Å². The smallest absolute Gasteiger partial charge is 0.308 e. The number of likely N-dealkylation sites (tertiary alicyclic amines) is 1. The molecule has 2 fully saturated rings. The molecule has 3 atom stereocenters. The first-order valence-electron chi connectivity index (χ1n) is 5.50. The molecule has 0 spiro atoms. The third-order valence-corrected chi connectivity index (χ3v) is 4.00. The van der Waals surface area contributed by atoms with E-state index in [2.05, 4.69) is 13.8 Å². The third-order valence-electron chi connectivity index (χ3n) is 4.00. The van der Waals surface area contributed by atoms with Crippen molar-refractivity contribution in [2.75, 3.05) is 6.54 Å². The Balaban J connectivity index is 2.02. The monoisotopic (exact) mass is 211 g/mol. The molecule has 1 heterocycles. The van der Waals surface area contributed by atoms with Crippen LogP contribution in [-0.4, -0.2) is 34.5 Å². The number of nitrogens with zero attached hydrogens (tertiary/aromatic N) is 1. The van der Waals surface area contributed by atoms with E-state index in [-0.39, 0.29) is 17.7 Å². The molecule has 1 aliphatic heterocycles. The number of carboxylic acids is 1. The summed E-state index contributed by atoms with van der Waals surface area (Å²) in [5.74, 6) is -1.31. The lowest BCUT2D eigenvalue weighted by atomic mass is 10.1. The van der Waals surface area contributed by atoms with E-state index in [4.69, 9.17) is 5.11 Å². The second-order valence-electron chi connectivity index (χ2n) is 5.01. The van der Waals surface area contributed by atoms with Gasteiger partial charge in [-0.15, -0.1) is 0 Å². The summed E-state index contributed by atoms with van der Waals surface area (Å²) in [5, 5.41) is 8.86. The van der Waals surface area contributed by atoms with Gasteiger partial charge in [0.05, 0.1) is 5.92 Å². The van der Waals surface area contributed by atoms with Crippen molar-refractivity contribution in [2.45, 2.75) is 39.2 Å². The highest BCUT2D eigenvalue weighted by atomic mass is 16.4. The Kier molecular flexibility index (Phi) is 2.24. The average Bonchev–Trinajstić information content (AvgIpc) is 2.69. The normalized spacial score (nSPS) is 39.6. The van der Waals surface area contributed by atoms with Crippen LogP contribution in [0.3, 0.4) is 0 Å². The van der Waals surface area contributed by atoms with E-state index in [1.165, 1.54) is 0 Å². The van der Waals surface area contributed by atoms with Gasteiger partial charge in [-0.05, 0) is 18.3 Å². The highest BCUT2D eigenvalue weighted by Crippen LogP contribution is 2.52. The van der Waals surface area contributed by atoms with E-state index < -0.39 is 11.9 Å². The number of carbonyl (C=O) groups is 2. The molecule has 2 aliphatic rings. The van der Waals surface area contributed by atoms with Crippen LogP contribution in [0, 0.1) is 11.3 Å². The Morgan fingerprint density at radius 3 is 2.73 bits per heavy atom. The maximum Gasteiger partial charge on any atom is 0.308 e. The fourth-order valence-corrected chi connectivity index (χ4v) is 2.45. The summed E-state index contributed by atoms with van der Waals surface area (Å²) >= 11 is 0. The number of amides is 1. The van der Waals surface area contributed by atoms with Gasteiger partial charge >= 0.3 is 5.97 Å². The van der Waals surface area contributed by atoms with Gasteiger partial charge < -0.3 is 10.0 Å². The van der Waals surface area contributed by atoms with Crippen molar-refractivity contribution in [1.29, 1.82) is 0 Å². The van der Waals surface area contributed by atoms with Gasteiger partial charge in [-0.1, -0.05) is 13.8 Å². The molecule has 0 bridgehead atoms. The SMILES string of the molecule is CCC1(C)CC1N1CC(C(=O)O)CC1=O. The number of rotatable bonds is 3. The molecule has 2 rings (SSSR count). The lowest BCUT2D eigenvalue weighted by Crippen LogP contribution is -2.31. The molecule has 1 saturated heterocycles. The van der Waals surface area contributed by atoms with E-state index >= 15 is 0 Å². The van der Waals surface area contributed by atoms with Crippen molar-refractivity contribution >= 4 is 11.9 Å². The topological polar surface area (TPSA) is 57.6 Å². The summed E-state index contributed by atoms with van der Waals surface area (Å²) in [6, 6.07) is 0.291. The van der Waals surface area contributed by atoms with Crippen LogP contribution in [0.15, 0.2) is 0 Å². The summed E-state index contributed by atoms with van der Waals surface area (Å²) in [6.45, 7) is 4.70. The average molecular weight is 211 g/mol. The first kappa shape index (κ1) is 10.5. The predicted octanol–water partition coefficient (Wildman–Crippen LogP) is 1.11. The van der Waals surface area contributed by atoms with Crippen LogP contribution >= 0.6 is 0 Å². The zero-order chi connectivity index (χ0) is 11.2. The summed E-state index contributed by atoms with van der Waals surface area (Å²) < 4.78 is 0. The second-order valence-corrected chi connectivity index (χ2v) is 5.01. The molecule has 84 valence electrons. The zero-order valence-electron chi connectivity index (χ0n) is 9.19. The minimum absolute atomic E-state index is 0.0181. The summed E-state index contributed by atoms with van der Waals surface area (Å²) in [6.07, 6.45) is 2.27. The molecule has 0 aromatic rings. The van der Waals surface area contributed by atoms with Crippen LogP contribution in [-0.2, 0) is 9.59 Å². The molecule has 1 saturated carbocycles. The maximum absolute atomic E-state index is 11.6. The Bertz CT molecular complexity index is 315. The van der Waals surface area contributed by atoms with E-state index in [0.29, 0.717) is 12.6 Å². The zero-order valence-corrected chi connectivity index (χ0v) is 9.19. The Morgan fingerprint density at radius 2 is 2.33 bits per heavy atom. The van der Waals surface area contributed by atoms with Crippen LogP contribution in [0.4, 0.5) is 0 Å². The quantitative estimate of drug-likeness (QED) is 0.760. The third kappa shape index (κ3) is 1.62. The van der Waals surface area contributed by atoms with Gasteiger partial charge in [0.25, 0.3) is 0 Å². The molecule has 4 nitrogen and oxygen atoms in total. The van der Waals surface area contributed by atoms with Gasteiger partial charge in [0.15, 0.2) is 0 Å². The maximum atomic E-state index is 11.6. The van der Waals surface area contributed by atoms with Gasteiger partial charge in [-0.2, -0.15) is 0 Å². The van der Waals surface area contributed by atoms with Crippen LogP contribution in [0.5, 0.6) is 0 Å². The minimum Gasteiger partial charge on any atom is -0.481 e. The van der Waals surface area contributed by atoms with E-state index in [0.717, 1.165) is 12.8 Å². The Hall–Kier alpha value is -1.06. The molecule has 3 unspecified atom stereocenters. The lowest BCUT2D eigenvalue weighted by molar-refractivity contribution is -0.141. The first-order valence-corrected chi connectivity index (χ1v) is 5.50. The van der Waals surface area contributed by atoms with E-state index in [1.54, 1.807) is 4.90 Å². The molecule has 1 amide bonds. The Labute approximate surface area is 89.3 Å². The van der Waals surface area contributed by atoms with Crippen LogP contribution in [0.1, 0.15) is 33.1 Å². The number of hydrogen-bond acceptors (Lipinski definition) is 2. The standard InChI is InChI=1S/C11H17NO3/c1-3-11(2)5-8(11)12-6-7(10(14)15)4-9(12)13/h7-8H,3-6H2,1-2H3,(H,14,15). The number of carboxylic acid groups (broad SMARTS) is 1. The fraction of sp³-hybridized carbons (Fsp3) is 0.818. The van der Waals surface area contributed by atoms with Gasteiger partial charge in [-0.25, -0.2) is 0 Å². The molecule has 1 aliphatic carbocycles. The fourth-order valence-electron chi connectivity index (χ4n) is 2.45. The summed E-state index contributed by atoms with van der Waals surface area (Å²) in [4.78, 5) is 24.2.